The molecule has 1 aliphatic heterocycles. The van der Waals surface area contributed by atoms with Crippen LogP contribution in [0.4, 0.5) is 0 Å². The molecule has 136 valence electrons. The number of phenolic OH excluding ortho intramolecular Hbond substituents is 1. The van der Waals surface area contributed by atoms with Gasteiger partial charge in [0.15, 0.2) is 0 Å². The summed E-state index contributed by atoms with van der Waals surface area (Å²) in [7, 11) is 1.49. The molecular weight excluding hydrogens is 332 g/mol. The number of carbonyl (C=O) groups excluding carboxylic acids is 2. The normalized spacial score (nSPS) is 13.5. The summed E-state index contributed by atoms with van der Waals surface area (Å²) in [6.45, 7) is 1.95. The number of likely N-dealkylation sites (tertiary alicyclic amines) is 1. The van der Waals surface area contributed by atoms with Gasteiger partial charge in [0, 0.05) is 31.3 Å². The second-order valence-corrected chi connectivity index (χ2v) is 6.26. The van der Waals surface area contributed by atoms with E-state index in [9.17, 15) is 14.7 Å². The van der Waals surface area contributed by atoms with Crippen LogP contribution in [-0.2, 0) is 6.54 Å². The molecule has 2 amide bonds. The standard InChI is InChI=1S/C20H22N2O4/c1-26-16-8-9-17(18(23)12-16)19(24)21-13-14-4-6-15(7-5-14)20(25)22-10-2-3-11-22/h4-9,12,23H,2-3,10-11,13H2,1H3,(H,21,24). The van der Waals surface area contributed by atoms with Gasteiger partial charge in [-0.3, -0.25) is 9.59 Å². The highest BCUT2D eigenvalue weighted by atomic mass is 16.5. The Morgan fingerprint density at radius 3 is 2.42 bits per heavy atom. The Morgan fingerprint density at radius 2 is 1.81 bits per heavy atom. The zero-order valence-electron chi connectivity index (χ0n) is 14.7. The summed E-state index contributed by atoms with van der Waals surface area (Å²) in [6.07, 6.45) is 2.13. The SMILES string of the molecule is COc1ccc(C(=O)NCc2ccc(C(=O)N3CCCC3)cc2)c(O)c1. The van der Waals surface area contributed by atoms with E-state index >= 15 is 0 Å². The molecule has 0 unspecified atom stereocenters. The molecule has 0 bridgehead atoms. The number of nitrogens with zero attached hydrogens (tertiary/aromatic N) is 1. The highest BCUT2D eigenvalue weighted by molar-refractivity contribution is 5.97. The minimum absolute atomic E-state index is 0.0567. The quantitative estimate of drug-likeness (QED) is 0.865. The van der Waals surface area contributed by atoms with Crippen molar-refractivity contribution in [1.29, 1.82) is 0 Å². The predicted octanol–water partition coefficient (Wildman–Crippen LogP) is 2.57. The Bertz CT molecular complexity index is 796. The lowest BCUT2D eigenvalue weighted by atomic mass is 10.1. The van der Waals surface area contributed by atoms with Crippen LogP contribution in [0, 0.1) is 0 Å². The fraction of sp³-hybridized carbons (Fsp3) is 0.300. The fourth-order valence-corrected chi connectivity index (χ4v) is 2.98. The first-order chi connectivity index (χ1) is 12.6. The maximum atomic E-state index is 12.3. The van der Waals surface area contributed by atoms with Gasteiger partial charge in [-0.2, -0.15) is 0 Å². The third-order valence-electron chi connectivity index (χ3n) is 4.50. The molecule has 1 heterocycles. The summed E-state index contributed by atoms with van der Waals surface area (Å²) in [5, 5.41) is 12.7. The van der Waals surface area contributed by atoms with Crippen LogP contribution in [0.2, 0.25) is 0 Å². The number of amides is 2. The summed E-state index contributed by atoms with van der Waals surface area (Å²) in [5.41, 5.74) is 1.73. The third-order valence-corrected chi connectivity index (χ3v) is 4.50. The number of ether oxygens (including phenoxy) is 1. The molecule has 2 aromatic rings. The summed E-state index contributed by atoms with van der Waals surface area (Å²) in [4.78, 5) is 26.4. The predicted molar refractivity (Wildman–Crippen MR) is 97.4 cm³/mol. The first-order valence-electron chi connectivity index (χ1n) is 8.62. The maximum absolute atomic E-state index is 12.3. The molecule has 0 spiro atoms. The fourth-order valence-electron chi connectivity index (χ4n) is 2.98. The van der Waals surface area contributed by atoms with Crippen molar-refractivity contribution in [1.82, 2.24) is 10.2 Å². The van der Waals surface area contributed by atoms with E-state index in [0.717, 1.165) is 31.5 Å². The molecule has 3 rings (SSSR count). The number of hydrogen-bond acceptors (Lipinski definition) is 4. The van der Waals surface area contributed by atoms with E-state index in [1.807, 2.05) is 17.0 Å². The van der Waals surface area contributed by atoms with Crippen molar-refractivity contribution in [3.8, 4) is 11.5 Å². The van der Waals surface area contributed by atoms with Gasteiger partial charge in [-0.15, -0.1) is 0 Å². The molecule has 0 aromatic heterocycles. The Balaban J connectivity index is 1.59. The lowest BCUT2D eigenvalue weighted by Gasteiger charge is -2.15. The van der Waals surface area contributed by atoms with Gasteiger partial charge < -0.3 is 20.1 Å². The molecule has 6 nitrogen and oxygen atoms in total. The van der Waals surface area contributed by atoms with E-state index < -0.39 is 0 Å². The zero-order valence-corrected chi connectivity index (χ0v) is 14.7. The molecule has 0 aliphatic carbocycles. The van der Waals surface area contributed by atoms with Gasteiger partial charge in [0.05, 0.1) is 12.7 Å². The topological polar surface area (TPSA) is 78.9 Å². The number of rotatable bonds is 5. The van der Waals surface area contributed by atoms with E-state index in [4.69, 9.17) is 4.74 Å². The molecule has 0 radical (unpaired) electrons. The van der Waals surface area contributed by atoms with Gasteiger partial charge in [-0.05, 0) is 42.7 Å². The van der Waals surface area contributed by atoms with Gasteiger partial charge in [0.25, 0.3) is 11.8 Å². The lowest BCUT2D eigenvalue weighted by Crippen LogP contribution is -2.27. The number of phenols is 1. The van der Waals surface area contributed by atoms with E-state index in [2.05, 4.69) is 5.32 Å². The molecule has 1 saturated heterocycles. The van der Waals surface area contributed by atoms with Gasteiger partial charge >= 0.3 is 0 Å². The Morgan fingerprint density at radius 1 is 1.12 bits per heavy atom. The van der Waals surface area contributed by atoms with Crippen LogP contribution >= 0.6 is 0 Å². The van der Waals surface area contributed by atoms with E-state index in [0.29, 0.717) is 17.9 Å². The van der Waals surface area contributed by atoms with Crippen LogP contribution < -0.4 is 10.1 Å². The Hall–Kier alpha value is -3.02. The molecule has 1 fully saturated rings. The molecule has 26 heavy (non-hydrogen) atoms. The van der Waals surface area contributed by atoms with Gasteiger partial charge in [-0.1, -0.05) is 12.1 Å². The first-order valence-corrected chi connectivity index (χ1v) is 8.62. The Labute approximate surface area is 152 Å². The maximum Gasteiger partial charge on any atom is 0.255 e. The second-order valence-electron chi connectivity index (χ2n) is 6.26. The second kappa shape index (κ2) is 7.91. The van der Waals surface area contributed by atoms with Crippen LogP contribution in [0.3, 0.4) is 0 Å². The molecular formula is C20H22N2O4. The molecule has 2 N–H and O–H groups in total. The number of methoxy groups -OCH3 is 1. The highest BCUT2D eigenvalue weighted by Gasteiger charge is 2.19. The molecule has 2 aromatic carbocycles. The van der Waals surface area contributed by atoms with Crippen molar-refractivity contribution < 1.29 is 19.4 Å². The minimum atomic E-state index is -0.373. The van der Waals surface area contributed by atoms with Gasteiger partial charge in [0.2, 0.25) is 0 Å². The molecule has 6 heteroatoms. The summed E-state index contributed by atoms with van der Waals surface area (Å²) in [6, 6.07) is 11.8. The van der Waals surface area contributed by atoms with Crippen molar-refractivity contribution in [3.63, 3.8) is 0 Å². The van der Waals surface area contributed by atoms with E-state index in [1.54, 1.807) is 18.2 Å². The van der Waals surface area contributed by atoms with Crippen LogP contribution in [0.25, 0.3) is 0 Å². The van der Waals surface area contributed by atoms with Crippen molar-refractivity contribution in [3.05, 3.63) is 59.2 Å². The summed E-state index contributed by atoms with van der Waals surface area (Å²) in [5.74, 6) is 0.0364. The summed E-state index contributed by atoms with van der Waals surface area (Å²) < 4.78 is 5.00. The smallest absolute Gasteiger partial charge is 0.255 e. The number of benzene rings is 2. The van der Waals surface area contributed by atoms with Crippen molar-refractivity contribution in [2.24, 2.45) is 0 Å². The highest BCUT2D eigenvalue weighted by Crippen LogP contribution is 2.23. The van der Waals surface area contributed by atoms with E-state index in [-0.39, 0.29) is 23.1 Å². The van der Waals surface area contributed by atoms with Crippen LogP contribution in [0.1, 0.15) is 39.1 Å². The zero-order chi connectivity index (χ0) is 18.5. The van der Waals surface area contributed by atoms with Crippen LogP contribution in [0.5, 0.6) is 11.5 Å². The van der Waals surface area contributed by atoms with E-state index in [1.165, 1.54) is 19.2 Å². The van der Waals surface area contributed by atoms with Crippen molar-refractivity contribution in [2.45, 2.75) is 19.4 Å². The average molecular weight is 354 g/mol. The van der Waals surface area contributed by atoms with Crippen LogP contribution in [-0.4, -0.2) is 42.0 Å². The van der Waals surface area contributed by atoms with Gasteiger partial charge in [-0.25, -0.2) is 0 Å². The average Bonchev–Trinajstić information content (AvgIpc) is 3.20. The number of carbonyl (C=O) groups is 2. The largest absolute Gasteiger partial charge is 0.507 e. The number of hydrogen-bond donors (Lipinski definition) is 2. The lowest BCUT2D eigenvalue weighted by molar-refractivity contribution is 0.0792. The molecule has 0 saturated carbocycles. The first kappa shape index (κ1) is 17.8. The van der Waals surface area contributed by atoms with Crippen molar-refractivity contribution >= 4 is 11.8 Å². The summed E-state index contributed by atoms with van der Waals surface area (Å²) >= 11 is 0. The van der Waals surface area contributed by atoms with Gasteiger partial charge in [0.1, 0.15) is 11.5 Å². The molecule has 0 atom stereocenters. The molecule has 1 aliphatic rings. The Kier molecular flexibility index (Phi) is 5.41. The third kappa shape index (κ3) is 3.96. The number of nitrogens with one attached hydrogen (secondary N) is 1. The van der Waals surface area contributed by atoms with Crippen LogP contribution in [0.15, 0.2) is 42.5 Å². The van der Waals surface area contributed by atoms with Crippen molar-refractivity contribution in [2.75, 3.05) is 20.2 Å². The minimum Gasteiger partial charge on any atom is -0.507 e. The number of aromatic hydroxyl groups is 1. The monoisotopic (exact) mass is 354 g/mol.